The van der Waals surface area contributed by atoms with E-state index in [1.54, 1.807) is 22.9 Å². The van der Waals surface area contributed by atoms with Gasteiger partial charge in [-0.15, -0.1) is 0 Å². The third-order valence-electron chi connectivity index (χ3n) is 6.01. The van der Waals surface area contributed by atoms with E-state index in [2.05, 4.69) is 24.9 Å². The molecule has 1 saturated heterocycles. The maximum absolute atomic E-state index is 13.5. The monoisotopic (exact) mass is 572 g/mol. The van der Waals surface area contributed by atoms with Crippen molar-refractivity contribution in [2.45, 2.75) is 24.9 Å². The van der Waals surface area contributed by atoms with E-state index in [1.807, 2.05) is 0 Å². The summed E-state index contributed by atoms with van der Waals surface area (Å²) in [4.78, 5) is 34.5. The summed E-state index contributed by atoms with van der Waals surface area (Å²) >= 11 is 0.311. The largest absolute Gasteiger partial charge is 0.451 e. The smallest absolute Gasteiger partial charge is 0.394 e. The molecule has 0 bridgehead atoms. The number of nitrogens with zero attached hydrogens (tertiary/aromatic N) is 8. The fourth-order valence-corrected chi connectivity index (χ4v) is 5.20. The third kappa shape index (κ3) is 5.36. The van der Waals surface area contributed by atoms with Crippen LogP contribution in [0.3, 0.4) is 0 Å². The highest BCUT2D eigenvalue weighted by Crippen LogP contribution is 2.43. The van der Waals surface area contributed by atoms with Crippen LogP contribution in [0.4, 0.5) is 31.3 Å². The van der Waals surface area contributed by atoms with Crippen LogP contribution in [-0.2, 0) is 23.7 Å². The van der Waals surface area contributed by atoms with E-state index >= 15 is 0 Å². The van der Waals surface area contributed by atoms with Gasteiger partial charge in [0.25, 0.3) is 0 Å². The average molecular weight is 572 g/mol. The van der Waals surface area contributed by atoms with Crippen LogP contribution in [0.2, 0.25) is 0 Å². The number of aromatic nitrogens is 6. The van der Waals surface area contributed by atoms with E-state index in [0.29, 0.717) is 22.5 Å². The van der Waals surface area contributed by atoms with Gasteiger partial charge in [0.15, 0.2) is 5.65 Å². The molecule has 17 heteroatoms. The number of hydrogen-bond donors (Lipinski definition) is 1. The summed E-state index contributed by atoms with van der Waals surface area (Å²) in [7, 11) is 0. The molecule has 39 heavy (non-hydrogen) atoms. The summed E-state index contributed by atoms with van der Waals surface area (Å²) in [6, 6.07) is 2.67. The van der Waals surface area contributed by atoms with Crippen LogP contribution >= 0.6 is 11.3 Å². The highest BCUT2D eigenvalue weighted by atomic mass is 32.1. The van der Waals surface area contributed by atoms with E-state index < -0.39 is 35.8 Å². The SMILES string of the molecule is O=C(Cn1cnc2cccnc21)N1CCN(c2sc(C(F)(F)F)nc2-c2cnc(C(F)(F)F)nc2)CC1CO. The van der Waals surface area contributed by atoms with Crippen molar-refractivity contribution in [3.63, 3.8) is 0 Å². The predicted molar refractivity (Wildman–Crippen MR) is 125 cm³/mol. The molecule has 1 atom stereocenters. The van der Waals surface area contributed by atoms with Gasteiger partial charge in [0.2, 0.25) is 16.7 Å². The van der Waals surface area contributed by atoms with Crippen molar-refractivity contribution in [1.29, 1.82) is 0 Å². The van der Waals surface area contributed by atoms with E-state index in [0.717, 1.165) is 12.4 Å². The summed E-state index contributed by atoms with van der Waals surface area (Å²) in [6.45, 7) is -0.490. The molecular formula is C22H18F6N8O2S. The molecule has 1 amide bonds. The van der Waals surface area contributed by atoms with Crippen molar-refractivity contribution in [1.82, 2.24) is 34.4 Å². The molecule has 0 radical (unpaired) electrons. The van der Waals surface area contributed by atoms with Gasteiger partial charge in [-0.25, -0.2) is 24.9 Å². The van der Waals surface area contributed by atoms with E-state index in [9.17, 15) is 36.2 Å². The molecule has 5 heterocycles. The van der Waals surface area contributed by atoms with Crippen LogP contribution < -0.4 is 4.90 Å². The van der Waals surface area contributed by atoms with Gasteiger partial charge >= 0.3 is 12.4 Å². The van der Waals surface area contributed by atoms with Crippen molar-refractivity contribution in [3.05, 3.63) is 47.9 Å². The van der Waals surface area contributed by atoms with Gasteiger partial charge in [-0.3, -0.25) is 4.79 Å². The van der Waals surface area contributed by atoms with Gasteiger partial charge in [-0.1, -0.05) is 11.3 Å². The molecule has 0 aromatic carbocycles. The number of aliphatic hydroxyl groups is 1. The van der Waals surface area contributed by atoms with Crippen LogP contribution in [0.5, 0.6) is 0 Å². The minimum absolute atomic E-state index is 0.0148. The van der Waals surface area contributed by atoms with Gasteiger partial charge in [0.1, 0.15) is 22.8 Å². The molecular weight excluding hydrogens is 554 g/mol. The number of thiazole rings is 1. The lowest BCUT2D eigenvalue weighted by Crippen LogP contribution is -2.57. The minimum atomic E-state index is -4.82. The second-order valence-corrected chi connectivity index (χ2v) is 9.53. The number of carbonyl (C=O) groups excluding carboxylic acids is 1. The van der Waals surface area contributed by atoms with E-state index in [1.165, 1.54) is 16.1 Å². The minimum Gasteiger partial charge on any atom is -0.394 e. The quantitative estimate of drug-likeness (QED) is 0.363. The molecule has 1 fully saturated rings. The summed E-state index contributed by atoms with van der Waals surface area (Å²) in [5.74, 6) is -1.79. The van der Waals surface area contributed by atoms with Crippen molar-refractivity contribution >= 4 is 33.4 Å². The standard InChI is InChI=1S/C22H18F6N8O2S/c23-21(24,25)19-30-6-12(7-31-19)16-18(39-20(33-16)22(26,27)28)34-4-5-36(13(8-34)10-37)15(38)9-35-11-32-14-2-1-3-29-17(14)35/h1-3,6-7,11,13,37H,4-5,8-10H2. The van der Waals surface area contributed by atoms with Crippen molar-refractivity contribution in [2.75, 3.05) is 31.1 Å². The Morgan fingerprint density at radius 2 is 1.79 bits per heavy atom. The zero-order valence-corrected chi connectivity index (χ0v) is 20.5. The Morgan fingerprint density at radius 1 is 1.05 bits per heavy atom. The Hall–Kier alpha value is -3.86. The molecule has 4 aromatic rings. The second-order valence-electron chi connectivity index (χ2n) is 8.55. The first-order valence-electron chi connectivity index (χ1n) is 11.3. The summed E-state index contributed by atoms with van der Waals surface area (Å²) in [5, 5.41) is 8.84. The first-order valence-corrected chi connectivity index (χ1v) is 12.2. The van der Waals surface area contributed by atoms with Gasteiger partial charge in [0, 0.05) is 43.8 Å². The number of halogens is 6. The molecule has 10 nitrogen and oxygen atoms in total. The molecule has 0 saturated carbocycles. The number of aliphatic hydroxyl groups excluding tert-OH is 1. The molecule has 1 aliphatic rings. The number of pyridine rings is 1. The van der Waals surface area contributed by atoms with Crippen LogP contribution in [0, 0.1) is 0 Å². The Kier molecular flexibility index (Phi) is 6.88. The molecule has 206 valence electrons. The Labute approximate surface area is 219 Å². The normalized spacial score (nSPS) is 16.7. The summed E-state index contributed by atoms with van der Waals surface area (Å²) in [5.41, 5.74) is 0.716. The number of imidazole rings is 1. The number of piperazine rings is 1. The van der Waals surface area contributed by atoms with Gasteiger partial charge < -0.3 is 19.5 Å². The lowest BCUT2D eigenvalue weighted by Gasteiger charge is -2.41. The Bertz CT molecular complexity index is 1490. The maximum atomic E-state index is 13.5. The lowest BCUT2D eigenvalue weighted by molar-refractivity contribution is -0.145. The van der Waals surface area contributed by atoms with Gasteiger partial charge in [0.05, 0.1) is 19.0 Å². The number of amides is 1. The number of carbonyl (C=O) groups is 1. The fourth-order valence-electron chi connectivity index (χ4n) is 4.21. The molecule has 4 aromatic heterocycles. The second kappa shape index (κ2) is 10.0. The number of hydrogen-bond acceptors (Lipinski definition) is 9. The first kappa shape index (κ1) is 26.7. The highest BCUT2D eigenvalue weighted by Gasteiger charge is 2.39. The van der Waals surface area contributed by atoms with E-state index in [4.69, 9.17) is 0 Å². The molecule has 1 aliphatic heterocycles. The van der Waals surface area contributed by atoms with Gasteiger partial charge in [-0.2, -0.15) is 26.3 Å². The van der Waals surface area contributed by atoms with Crippen LogP contribution in [-0.4, -0.2) is 77.7 Å². The third-order valence-corrected chi connectivity index (χ3v) is 7.17. The Balaban J connectivity index is 1.40. The molecule has 1 unspecified atom stereocenters. The number of anilines is 1. The molecule has 5 rings (SSSR count). The summed E-state index contributed by atoms with van der Waals surface area (Å²) in [6.07, 6.45) is -5.07. The topological polar surface area (TPSA) is 113 Å². The molecule has 1 N–H and O–H groups in total. The number of fused-ring (bicyclic) bond motifs is 1. The molecule has 0 spiro atoms. The highest BCUT2D eigenvalue weighted by molar-refractivity contribution is 7.16. The maximum Gasteiger partial charge on any atom is 0.451 e. The van der Waals surface area contributed by atoms with Crippen LogP contribution in [0.15, 0.2) is 37.1 Å². The van der Waals surface area contributed by atoms with Gasteiger partial charge in [-0.05, 0) is 12.1 Å². The molecule has 0 aliphatic carbocycles. The van der Waals surface area contributed by atoms with Crippen LogP contribution in [0.1, 0.15) is 10.8 Å². The lowest BCUT2D eigenvalue weighted by atomic mass is 10.1. The van der Waals surface area contributed by atoms with E-state index in [-0.39, 0.29) is 48.3 Å². The zero-order valence-electron chi connectivity index (χ0n) is 19.7. The first-order chi connectivity index (χ1) is 18.5. The van der Waals surface area contributed by atoms with Crippen molar-refractivity contribution in [2.24, 2.45) is 0 Å². The predicted octanol–water partition coefficient (Wildman–Crippen LogP) is 3.09. The number of rotatable bonds is 5. The summed E-state index contributed by atoms with van der Waals surface area (Å²) < 4.78 is 80.8. The number of alkyl halides is 6. The zero-order chi connectivity index (χ0) is 27.9. The van der Waals surface area contributed by atoms with Crippen LogP contribution in [0.25, 0.3) is 22.4 Å². The fraction of sp³-hybridized carbons (Fsp3) is 0.364. The van der Waals surface area contributed by atoms with Crippen molar-refractivity contribution in [3.8, 4) is 11.3 Å². The average Bonchev–Trinajstić information content (AvgIpc) is 3.53. The Morgan fingerprint density at radius 3 is 2.46 bits per heavy atom. The van der Waals surface area contributed by atoms with Crippen molar-refractivity contribution < 1.29 is 36.2 Å².